The van der Waals surface area contributed by atoms with E-state index in [1.807, 2.05) is 18.2 Å². The van der Waals surface area contributed by atoms with Gasteiger partial charge in [0.25, 0.3) is 0 Å². The van der Waals surface area contributed by atoms with Gasteiger partial charge in [-0.3, -0.25) is 0 Å². The van der Waals surface area contributed by atoms with E-state index in [4.69, 9.17) is 0 Å². The summed E-state index contributed by atoms with van der Waals surface area (Å²) in [6.45, 7) is 10.7. The van der Waals surface area contributed by atoms with Gasteiger partial charge in [-0.15, -0.1) is 11.8 Å². The van der Waals surface area contributed by atoms with E-state index in [-0.39, 0.29) is 4.75 Å². The van der Waals surface area contributed by atoms with Crippen LogP contribution in [0.5, 0.6) is 5.75 Å². The molecular weight excluding hydrogens is 204 g/mol. The summed E-state index contributed by atoms with van der Waals surface area (Å²) in [5, 5.41) is 10.1. The fraction of sp³-hybridized carbons (Fsp3) is 0.538. The van der Waals surface area contributed by atoms with Crippen molar-refractivity contribution in [2.75, 3.05) is 0 Å². The Morgan fingerprint density at radius 3 is 2.27 bits per heavy atom. The first-order valence-electron chi connectivity index (χ1n) is 5.32. The average molecular weight is 224 g/mol. The minimum atomic E-state index is 0.132. The molecule has 0 atom stereocenters. The highest BCUT2D eigenvalue weighted by molar-refractivity contribution is 8.00. The van der Waals surface area contributed by atoms with Crippen LogP contribution >= 0.6 is 11.8 Å². The Balaban J connectivity index is 3.05. The van der Waals surface area contributed by atoms with Crippen molar-refractivity contribution in [2.24, 2.45) is 0 Å². The molecule has 1 nitrogen and oxygen atoms in total. The van der Waals surface area contributed by atoms with Crippen molar-refractivity contribution >= 4 is 11.8 Å². The molecule has 0 heterocycles. The number of aromatic hydroxyl groups is 1. The second kappa shape index (κ2) is 4.48. The van der Waals surface area contributed by atoms with Crippen molar-refractivity contribution in [1.82, 2.24) is 0 Å². The largest absolute Gasteiger partial charge is 0.506 e. The van der Waals surface area contributed by atoms with Crippen LogP contribution in [0.2, 0.25) is 0 Å². The summed E-state index contributed by atoms with van der Waals surface area (Å²) in [6, 6.07) is 5.99. The quantitative estimate of drug-likeness (QED) is 0.751. The maximum atomic E-state index is 10.1. The number of hydrogen-bond acceptors (Lipinski definition) is 2. The Kier molecular flexibility index (Phi) is 3.72. The smallest absolute Gasteiger partial charge is 0.132 e. The van der Waals surface area contributed by atoms with Crippen LogP contribution in [0.3, 0.4) is 0 Å². The van der Waals surface area contributed by atoms with Gasteiger partial charge in [0.15, 0.2) is 0 Å². The second-order valence-corrected chi connectivity index (χ2v) is 6.93. The minimum Gasteiger partial charge on any atom is -0.506 e. The summed E-state index contributed by atoms with van der Waals surface area (Å²) in [5.41, 5.74) is 1.03. The third kappa shape index (κ3) is 3.45. The highest BCUT2D eigenvalue weighted by Gasteiger charge is 2.17. The van der Waals surface area contributed by atoms with Crippen LogP contribution in [0.15, 0.2) is 23.1 Å². The molecule has 0 fully saturated rings. The fourth-order valence-electron chi connectivity index (χ4n) is 1.42. The third-order valence-corrected chi connectivity index (χ3v) is 3.23. The second-order valence-electron chi connectivity index (χ2n) is 5.06. The molecule has 0 saturated heterocycles. The molecule has 0 radical (unpaired) electrons. The molecule has 0 aliphatic carbocycles. The van der Waals surface area contributed by atoms with Crippen molar-refractivity contribution < 1.29 is 5.11 Å². The van der Waals surface area contributed by atoms with E-state index in [1.54, 1.807) is 11.8 Å². The molecule has 1 N–H and O–H groups in total. The topological polar surface area (TPSA) is 20.2 Å². The van der Waals surface area contributed by atoms with E-state index in [0.29, 0.717) is 11.7 Å². The van der Waals surface area contributed by atoms with Crippen molar-refractivity contribution in [3.63, 3.8) is 0 Å². The molecule has 15 heavy (non-hydrogen) atoms. The van der Waals surface area contributed by atoms with E-state index >= 15 is 0 Å². The third-order valence-electron chi connectivity index (χ3n) is 2.07. The van der Waals surface area contributed by atoms with Crippen molar-refractivity contribution in [3.8, 4) is 5.75 Å². The van der Waals surface area contributed by atoms with Crippen LogP contribution in [0, 0.1) is 0 Å². The maximum Gasteiger partial charge on any atom is 0.132 e. The Labute approximate surface area is 96.9 Å². The highest BCUT2D eigenvalue weighted by atomic mass is 32.2. The van der Waals surface area contributed by atoms with Crippen molar-refractivity contribution in [2.45, 2.75) is 50.2 Å². The number of rotatable bonds is 2. The van der Waals surface area contributed by atoms with Gasteiger partial charge in [-0.05, 0) is 17.5 Å². The lowest BCUT2D eigenvalue weighted by Gasteiger charge is -2.20. The molecule has 0 bridgehead atoms. The molecule has 1 aromatic rings. The molecule has 2 heteroatoms. The molecule has 0 spiro atoms. The maximum absolute atomic E-state index is 10.1. The van der Waals surface area contributed by atoms with E-state index < -0.39 is 0 Å². The van der Waals surface area contributed by atoms with Gasteiger partial charge in [0.05, 0.1) is 0 Å². The molecule has 1 rings (SSSR count). The van der Waals surface area contributed by atoms with Crippen LogP contribution in [0.25, 0.3) is 0 Å². The zero-order valence-electron chi connectivity index (χ0n) is 10.2. The first-order valence-corrected chi connectivity index (χ1v) is 6.14. The molecule has 0 saturated carbocycles. The highest BCUT2D eigenvalue weighted by Crippen LogP contribution is 2.40. The van der Waals surface area contributed by atoms with Crippen LogP contribution in [-0.2, 0) is 0 Å². The first-order chi connectivity index (χ1) is 6.81. The molecule has 0 unspecified atom stereocenters. The summed E-state index contributed by atoms with van der Waals surface area (Å²) in [4.78, 5) is 0.980. The number of hydrogen-bond donors (Lipinski definition) is 1. The number of thioether (sulfide) groups is 1. The van der Waals surface area contributed by atoms with Crippen molar-refractivity contribution in [3.05, 3.63) is 23.8 Å². The molecule has 84 valence electrons. The summed E-state index contributed by atoms with van der Waals surface area (Å²) in [7, 11) is 0. The van der Waals surface area contributed by atoms with E-state index in [2.05, 4.69) is 34.6 Å². The van der Waals surface area contributed by atoms with E-state index in [1.165, 1.54) is 0 Å². The van der Waals surface area contributed by atoms with Crippen molar-refractivity contribution in [1.29, 1.82) is 0 Å². The van der Waals surface area contributed by atoms with Crippen LogP contribution in [0.1, 0.15) is 46.1 Å². The van der Waals surface area contributed by atoms with Gasteiger partial charge in [-0.1, -0.05) is 46.8 Å². The van der Waals surface area contributed by atoms with Gasteiger partial charge >= 0.3 is 0 Å². The molecule has 0 amide bonds. The summed E-state index contributed by atoms with van der Waals surface area (Å²) < 4.78 is 0.132. The molecule has 0 aliphatic heterocycles. The molecule has 0 aliphatic rings. The standard InChI is InChI=1S/C13H20OS/c1-9(2)10-7-6-8-11(12(10)14)15-13(3,4)5/h6-9,14H,1-5H3. The Hall–Kier alpha value is -0.630. The predicted molar refractivity (Wildman–Crippen MR) is 67.8 cm³/mol. The lowest BCUT2D eigenvalue weighted by Crippen LogP contribution is -2.06. The fourth-order valence-corrected chi connectivity index (χ4v) is 2.44. The Morgan fingerprint density at radius 1 is 1.20 bits per heavy atom. The minimum absolute atomic E-state index is 0.132. The Bertz CT molecular complexity index is 337. The SMILES string of the molecule is CC(C)c1cccc(SC(C)(C)C)c1O. The zero-order valence-corrected chi connectivity index (χ0v) is 11.0. The van der Waals surface area contributed by atoms with Crippen LogP contribution in [0.4, 0.5) is 0 Å². The molecule has 0 aromatic heterocycles. The van der Waals surface area contributed by atoms with Gasteiger partial charge in [-0.2, -0.15) is 0 Å². The van der Waals surface area contributed by atoms with Gasteiger partial charge in [-0.25, -0.2) is 0 Å². The number of phenols is 1. The zero-order chi connectivity index (χ0) is 11.6. The van der Waals surface area contributed by atoms with E-state index in [0.717, 1.165) is 10.5 Å². The molecule has 1 aromatic carbocycles. The monoisotopic (exact) mass is 224 g/mol. The summed E-state index contributed by atoms with van der Waals surface area (Å²) in [5.74, 6) is 0.818. The number of benzene rings is 1. The Morgan fingerprint density at radius 2 is 1.80 bits per heavy atom. The lowest BCUT2D eigenvalue weighted by atomic mass is 10.0. The average Bonchev–Trinajstić information content (AvgIpc) is 2.05. The first kappa shape index (κ1) is 12.4. The van der Waals surface area contributed by atoms with Gasteiger partial charge < -0.3 is 5.11 Å². The predicted octanol–water partition coefficient (Wildman–Crippen LogP) is 4.41. The normalized spacial score (nSPS) is 12.1. The van der Waals surface area contributed by atoms with Gasteiger partial charge in [0.1, 0.15) is 5.75 Å². The van der Waals surface area contributed by atoms with Gasteiger partial charge in [0, 0.05) is 9.64 Å². The van der Waals surface area contributed by atoms with Gasteiger partial charge in [0.2, 0.25) is 0 Å². The molecular formula is C13H20OS. The van der Waals surface area contributed by atoms with E-state index in [9.17, 15) is 5.11 Å². The van der Waals surface area contributed by atoms with Crippen LogP contribution < -0.4 is 0 Å². The number of para-hydroxylation sites is 1. The summed E-state index contributed by atoms with van der Waals surface area (Å²) in [6.07, 6.45) is 0. The number of phenolic OH excluding ortho intramolecular Hbond substituents is 1. The lowest BCUT2D eigenvalue weighted by molar-refractivity contribution is 0.451. The summed E-state index contributed by atoms with van der Waals surface area (Å²) >= 11 is 1.71. The van der Waals surface area contributed by atoms with Crippen LogP contribution in [-0.4, -0.2) is 9.85 Å².